The van der Waals surface area contributed by atoms with Crippen LogP contribution in [0.15, 0.2) is 44.2 Å². The van der Waals surface area contributed by atoms with Crippen LogP contribution in [0.4, 0.5) is 0 Å². The van der Waals surface area contributed by atoms with Crippen LogP contribution in [0.5, 0.6) is 5.75 Å². The van der Waals surface area contributed by atoms with E-state index >= 15 is 0 Å². The van der Waals surface area contributed by atoms with Crippen molar-refractivity contribution in [2.45, 2.75) is 26.4 Å². The second-order valence-electron chi connectivity index (χ2n) is 6.64. The van der Waals surface area contributed by atoms with E-state index in [2.05, 4.69) is 4.74 Å². The van der Waals surface area contributed by atoms with Crippen molar-refractivity contribution in [3.05, 3.63) is 63.4 Å². The standard InChI is InChI=1S/C20H19NO6/c1-12-14-5-6-17-16(10-21(11-26-17)9-13-4-3-7-25-13)19(14)27-20(23)15(12)8-18(22)24-2/h3-7H,8-11H2,1-2H3/p+1. The van der Waals surface area contributed by atoms with Crippen molar-refractivity contribution in [3.8, 4) is 5.75 Å². The number of furan rings is 1. The molecule has 140 valence electrons. The fraction of sp³-hybridized carbons (Fsp3) is 0.300. The maximum atomic E-state index is 12.5. The molecular weight excluding hydrogens is 350 g/mol. The van der Waals surface area contributed by atoms with Gasteiger partial charge in [-0.1, -0.05) is 0 Å². The fourth-order valence-corrected chi connectivity index (χ4v) is 3.47. The highest BCUT2D eigenvalue weighted by atomic mass is 16.5. The number of benzene rings is 1. The highest BCUT2D eigenvalue weighted by Crippen LogP contribution is 2.31. The summed E-state index contributed by atoms with van der Waals surface area (Å²) < 4.78 is 21.6. The molecule has 27 heavy (non-hydrogen) atoms. The Balaban J connectivity index is 1.74. The van der Waals surface area contributed by atoms with Crippen molar-refractivity contribution in [1.82, 2.24) is 0 Å². The van der Waals surface area contributed by atoms with Gasteiger partial charge in [0.15, 0.2) is 11.3 Å². The third-order valence-electron chi connectivity index (χ3n) is 4.93. The number of rotatable bonds is 4. The molecule has 1 aromatic carbocycles. The van der Waals surface area contributed by atoms with Gasteiger partial charge in [-0.05, 0) is 36.8 Å². The molecule has 1 aliphatic heterocycles. The number of carbonyl (C=O) groups excluding carboxylic acids is 1. The van der Waals surface area contributed by atoms with E-state index in [9.17, 15) is 9.59 Å². The van der Waals surface area contributed by atoms with Gasteiger partial charge >= 0.3 is 11.6 Å². The van der Waals surface area contributed by atoms with Gasteiger partial charge in [-0.15, -0.1) is 0 Å². The van der Waals surface area contributed by atoms with E-state index in [1.807, 2.05) is 31.2 Å². The number of carbonyl (C=O) groups is 1. The van der Waals surface area contributed by atoms with Crippen LogP contribution in [0.1, 0.15) is 22.5 Å². The van der Waals surface area contributed by atoms with Gasteiger partial charge in [0.2, 0.25) is 6.73 Å². The minimum absolute atomic E-state index is 0.107. The predicted octanol–water partition coefficient (Wildman–Crippen LogP) is 1.34. The van der Waals surface area contributed by atoms with Crippen LogP contribution < -0.4 is 15.3 Å². The van der Waals surface area contributed by atoms with Crippen LogP contribution in [-0.2, 0) is 29.0 Å². The second kappa shape index (κ2) is 6.92. The number of methoxy groups -OCH3 is 1. The van der Waals surface area contributed by atoms with Crippen molar-refractivity contribution in [2.75, 3.05) is 13.8 Å². The molecule has 2 aromatic heterocycles. The number of aryl methyl sites for hydroxylation is 1. The lowest BCUT2D eigenvalue weighted by Crippen LogP contribution is -3.10. The van der Waals surface area contributed by atoms with Crippen LogP contribution in [0.25, 0.3) is 11.0 Å². The maximum Gasteiger partial charge on any atom is 0.340 e. The number of hydrogen-bond acceptors (Lipinski definition) is 6. The molecule has 0 spiro atoms. The summed E-state index contributed by atoms with van der Waals surface area (Å²) in [5.74, 6) is 1.12. The van der Waals surface area contributed by atoms with Gasteiger partial charge in [0.1, 0.15) is 18.8 Å². The zero-order valence-electron chi connectivity index (χ0n) is 15.2. The summed E-state index contributed by atoms with van der Waals surface area (Å²) in [6.45, 7) is 3.64. The second-order valence-corrected chi connectivity index (χ2v) is 6.64. The lowest BCUT2D eigenvalue weighted by Gasteiger charge is -2.26. The maximum absolute atomic E-state index is 12.5. The third kappa shape index (κ3) is 3.21. The summed E-state index contributed by atoms with van der Waals surface area (Å²) in [5.41, 5.74) is 1.90. The van der Waals surface area contributed by atoms with Gasteiger partial charge in [-0.3, -0.25) is 9.69 Å². The Bertz CT molecular complexity index is 1050. The third-order valence-corrected chi connectivity index (χ3v) is 4.93. The highest BCUT2D eigenvalue weighted by molar-refractivity contribution is 5.87. The molecule has 7 heteroatoms. The number of ether oxygens (including phenoxy) is 2. The van der Waals surface area contributed by atoms with Gasteiger partial charge in [0.05, 0.1) is 30.9 Å². The van der Waals surface area contributed by atoms with Crippen molar-refractivity contribution < 1.29 is 28.0 Å². The van der Waals surface area contributed by atoms with Crippen LogP contribution in [-0.4, -0.2) is 19.8 Å². The van der Waals surface area contributed by atoms with E-state index < -0.39 is 11.6 Å². The smallest absolute Gasteiger partial charge is 0.340 e. The first-order valence-electron chi connectivity index (χ1n) is 8.70. The van der Waals surface area contributed by atoms with E-state index in [1.54, 1.807) is 6.26 Å². The first kappa shape index (κ1) is 17.4. The SMILES string of the molecule is COC(=O)Cc1c(C)c2ccc3c(c2oc1=O)C[NH+](Cc1ccco1)CO3. The molecule has 0 amide bonds. The topological polar surface area (TPSA) is 83.3 Å². The fourth-order valence-electron chi connectivity index (χ4n) is 3.47. The van der Waals surface area contributed by atoms with Gasteiger partial charge in [0, 0.05) is 5.39 Å². The number of hydrogen-bond donors (Lipinski definition) is 1. The summed E-state index contributed by atoms with van der Waals surface area (Å²) in [6, 6.07) is 7.53. The van der Waals surface area contributed by atoms with Crippen LogP contribution >= 0.6 is 0 Å². The zero-order chi connectivity index (χ0) is 19.0. The molecule has 0 fully saturated rings. The Morgan fingerprint density at radius 2 is 2.15 bits per heavy atom. The normalized spacial score (nSPS) is 16.0. The Kier molecular flexibility index (Phi) is 4.45. The van der Waals surface area contributed by atoms with Crippen LogP contribution in [0.3, 0.4) is 0 Å². The molecule has 1 aliphatic rings. The highest BCUT2D eigenvalue weighted by Gasteiger charge is 2.26. The molecule has 0 saturated heterocycles. The number of nitrogens with one attached hydrogen (secondary N) is 1. The zero-order valence-corrected chi connectivity index (χ0v) is 15.2. The first-order chi connectivity index (χ1) is 13.1. The molecule has 0 aliphatic carbocycles. The molecule has 0 bridgehead atoms. The molecule has 1 N–H and O–H groups in total. The molecule has 3 aromatic rings. The van der Waals surface area contributed by atoms with E-state index in [0.717, 1.165) is 27.2 Å². The lowest BCUT2D eigenvalue weighted by molar-refractivity contribution is -0.946. The monoisotopic (exact) mass is 370 g/mol. The largest absolute Gasteiger partial charge is 0.469 e. The van der Waals surface area contributed by atoms with E-state index in [-0.39, 0.29) is 6.42 Å². The van der Waals surface area contributed by atoms with Crippen molar-refractivity contribution >= 4 is 16.9 Å². The van der Waals surface area contributed by atoms with Crippen molar-refractivity contribution in [3.63, 3.8) is 0 Å². The van der Waals surface area contributed by atoms with Gasteiger partial charge < -0.3 is 18.3 Å². The summed E-state index contributed by atoms with van der Waals surface area (Å²) in [5, 5.41) is 0.801. The summed E-state index contributed by atoms with van der Waals surface area (Å²) >= 11 is 0. The van der Waals surface area contributed by atoms with E-state index in [0.29, 0.717) is 36.7 Å². The Morgan fingerprint density at radius 1 is 1.30 bits per heavy atom. The minimum atomic E-state index is -0.517. The van der Waals surface area contributed by atoms with Crippen molar-refractivity contribution in [2.24, 2.45) is 0 Å². The van der Waals surface area contributed by atoms with Crippen LogP contribution in [0.2, 0.25) is 0 Å². The van der Waals surface area contributed by atoms with Crippen molar-refractivity contribution in [1.29, 1.82) is 0 Å². The average molecular weight is 370 g/mol. The number of quaternary nitrogens is 1. The van der Waals surface area contributed by atoms with Gasteiger partial charge in [0.25, 0.3) is 0 Å². The molecular formula is C20H20NO6+. The lowest BCUT2D eigenvalue weighted by atomic mass is 10.0. The average Bonchev–Trinajstić information content (AvgIpc) is 3.17. The Morgan fingerprint density at radius 3 is 2.89 bits per heavy atom. The van der Waals surface area contributed by atoms with Crippen LogP contribution in [0, 0.1) is 6.92 Å². The molecule has 1 atom stereocenters. The molecule has 1 unspecified atom stereocenters. The van der Waals surface area contributed by atoms with Gasteiger partial charge in [-0.25, -0.2) is 4.79 Å². The quantitative estimate of drug-likeness (QED) is 0.551. The summed E-state index contributed by atoms with van der Waals surface area (Å²) in [4.78, 5) is 25.2. The molecule has 7 nitrogen and oxygen atoms in total. The number of esters is 1. The Labute approximate surface area is 155 Å². The summed E-state index contributed by atoms with van der Waals surface area (Å²) in [7, 11) is 1.30. The van der Waals surface area contributed by atoms with E-state index in [1.165, 1.54) is 7.11 Å². The molecule has 0 saturated carbocycles. The molecule has 0 radical (unpaired) electrons. The molecule has 3 heterocycles. The first-order valence-corrected chi connectivity index (χ1v) is 8.70. The van der Waals surface area contributed by atoms with Gasteiger partial charge in [-0.2, -0.15) is 0 Å². The molecule has 4 rings (SSSR count). The predicted molar refractivity (Wildman–Crippen MR) is 95.5 cm³/mol. The minimum Gasteiger partial charge on any atom is -0.469 e. The number of fused-ring (bicyclic) bond motifs is 3. The van der Waals surface area contributed by atoms with E-state index in [4.69, 9.17) is 13.6 Å². The summed E-state index contributed by atoms with van der Waals surface area (Å²) in [6.07, 6.45) is 1.54. The Hall–Kier alpha value is -3.06.